The van der Waals surface area contributed by atoms with Gasteiger partial charge in [-0.15, -0.1) is 0 Å². The molecule has 0 aromatic carbocycles. The summed E-state index contributed by atoms with van der Waals surface area (Å²) in [7, 11) is 0. The van der Waals surface area contributed by atoms with E-state index in [1.54, 1.807) is 0 Å². The van der Waals surface area contributed by atoms with Gasteiger partial charge < -0.3 is 5.73 Å². The Morgan fingerprint density at radius 1 is 0.895 bits per heavy atom. The summed E-state index contributed by atoms with van der Waals surface area (Å²) in [5, 5.41) is 0. The minimum absolute atomic E-state index is 0.472. The van der Waals surface area contributed by atoms with Gasteiger partial charge in [0.1, 0.15) is 0 Å². The maximum atomic E-state index is 5.97. The fourth-order valence-electron chi connectivity index (χ4n) is 3.15. The Morgan fingerprint density at radius 2 is 1.47 bits per heavy atom. The molecule has 1 aliphatic rings. The van der Waals surface area contributed by atoms with Crippen LogP contribution in [0.3, 0.4) is 0 Å². The molecule has 0 spiro atoms. The molecule has 1 unspecified atom stereocenters. The molecule has 19 heavy (non-hydrogen) atoms. The normalized spacial score (nSPS) is 23.1. The van der Waals surface area contributed by atoms with Gasteiger partial charge in [-0.05, 0) is 25.0 Å². The molecule has 1 atom stereocenters. The first-order chi connectivity index (χ1) is 9.33. The monoisotopic (exact) mass is 285 g/mol. The van der Waals surface area contributed by atoms with E-state index in [4.69, 9.17) is 5.73 Å². The summed E-state index contributed by atoms with van der Waals surface area (Å²) in [5.41, 5.74) is 5.97. The summed E-state index contributed by atoms with van der Waals surface area (Å²) < 4.78 is 0.472. The van der Waals surface area contributed by atoms with Crippen LogP contribution in [0.2, 0.25) is 0 Å². The first kappa shape index (κ1) is 17.4. The van der Waals surface area contributed by atoms with Crippen molar-refractivity contribution in [1.82, 2.24) is 0 Å². The van der Waals surface area contributed by atoms with Gasteiger partial charge in [-0.3, -0.25) is 0 Å². The van der Waals surface area contributed by atoms with Gasteiger partial charge in [0, 0.05) is 11.3 Å². The molecule has 0 radical (unpaired) electrons. The van der Waals surface area contributed by atoms with E-state index in [1.165, 1.54) is 89.2 Å². The van der Waals surface area contributed by atoms with E-state index >= 15 is 0 Å². The van der Waals surface area contributed by atoms with Crippen LogP contribution >= 0.6 is 11.8 Å². The second kappa shape index (κ2) is 11.0. The lowest BCUT2D eigenvalue weighted by atomic mass is 9.95. The number of nitrogens with two attached hydrogens (primary N) is 1. The average molecular weight is 286 g/mol. The lowest BCUT2D eigenvalue weighted by Gasteiger charge is -2.26. The molecule has 1 nitrogen and oxygen atoms in total. The molecule has 2 heteroatoms. The van der Waals surface area contributed by atoms with Crippen LogP contribution in [-0.4, -0.2) is 17.0 Å². The molecular formula is C17H35NS. The molecular weight excluding hydrogens is 250 g/mol. The predicted molar refractivity (Wildman–Crippen MR) is 89.9 cm³/mol. The van der Waals surface area contributed by atoms with Crippen LogP contribution in [0, 0.1) is 0 Å². The highest BCUT2D eigenvalue weighted by Gasteiger charge is 2.32. The topological polar surface area (TPSA) is 26.0 Å². The van der Waals surface area contributed by atoms with E-state index in [1.807, 2.05) is 0 Å². The van der Waals surface area contributed by atoms with E-state index < -0.39 is 0 Å². The Labute approximate surface area is 125 Å². The molecule has 1 rings (SSSR count). The SMILES string of the molecule is CCCCCCCCCCCCC1(CN)CCCS1. The molecule has 1 fully saturated rings. The van der Waals surface area contributed by atoms with E-state index in [9.17, 15) is 0 Å². The quantitative estimate of drug-likeness (QED) is 0.478. The van der Waals surface area contributed by atoms with Crippen molar-refractivity contribution in [2.45, 2.75) is 95.1 Å². The maximum absolute atomic E-state index is 5.97. The van der Waals surface area contributed by atoms with Gasteiger partial charge >= 0.3 is 0 Å². The molecule has 1 saturated heterocycles. The fourth-order valence-corrected chi connectivity index (χ4v) is 4.57. The number of rotatable bonds is 12. The third-order valence-corrected chi connectivity index (χ3v) is 6.22. The molecule has 0 amide bonds. The van der Waals surface area contributed by atoms with Crippen molar-refractivity contribution >= 4 is 11.8 Å². The highest BCUT2D eigenvalue weighted by molar-refractivity contribution is 8.00. The fraction of sp³-hybridized carbons (Fsp3) is 1.00. The van der Waals surface area contributed by atoms with E-state index in [-0.39, 0.29) is 0 Å². The Bertz CT molecular complexity index is 199. The van der Waals surface area contributed by atoms with Crippen LogP contribution in [0.25, 0.3) is 0 Å². The van der Waals surface area contributed by atoms with Gasteiger partial charge in [-0.1, -0.05) is 71.1 Å². The first-order valence-electron chi connectivity index (χ1n) is 8.67. The smallest absolute Gasteiger partial charge is 0.0282 e. The van der Waals surface area contributed by atoms with Crippen LogP contribution < -0.4 is 5.73 Å². The van der Waals surface area contributed by atoms with E-state index in [2.05, 4.69) is 18.7 Å². The lowest BCUT2D eigenvalue weighted by Crippen LogP contribution is -2.31. The molecule has 0 saturated carbocycles. The van der Waals surface area contributed by atoms with Crippen molar-refractivity contribution in [2.75, 3.05) is 12.3 Å². The van der Waals surface area contributed by atoms with Gasteiger partial charge in [0.2, 0.25) is 0 Å². The van der Waals surface area contributed by atoms with Crippen LogP contribution in [0.4, 0.5) is 0 Å². The summed E-state index contributed by atoms with van der Waals surface area (Å²) in [6, 6.07) is 0. The van der Waals surface area contributed by atoms with Crippen molar-refractivity contribution in [3.63, 3.8) is 0 Å². The van der Waals surface area contributed by atoms with Gasteiger partial charge in [-0.2, -0.15) is 11.8 Å². The van der Waals surface area contributed by atoms with Gasteiger partial charge in [-0.25, -0.2) is 0 Å². The number of hydrogen-bond acceptors (Lipinski definition) is 2. The Kier molecular flexibility index (Phi) is 10.1. The van der Waals surface area contributed by atoms with Gasteiger partial charge in [0.05, 0.1) is 0 Å². The zero-order valence-electron chi connectivity index (χ0n) is 13.1. The lowest BCUT2D eigenvalue weighted by molar-refractivity contribution is 0.480. The van der Waals surface area contributed by atoms with Crippen LogP contribution in [0.15, 0.2) is 0 Å². The number of hydrogen-bond donors (Lipinski definition) is 1. The molecule has 114 valence electrons. The molecule has 0 aromatic heterocycles. The maximum Gasteiger partial charge on any atom is 0.0282 e. The summed E-state index contributed by atoms with van der Waals surface area (Å²) in [6.45, 7) is 3.19. The Balaban J connectivity index is 1.85. The number of thioether (sulfide) groups is 1. The third-order valence-electron chi connectivity index (χ3n) is 4.54. The van der Waals surface area contributed by atoms with Crippen molar-refractivity contribution in [3.8, 4) is 0 Å². The molecule has 0 bridgehead atoms. The number of unbranched alkanes of at least 4 members (excludes halogenated alkanes) is 9. The van der Waals surface area contributed by atoms with Crippen molar-refractivity contribution < 1.29 is 0 Å². The molecule has 0 aromatic rings. The molecule has 2 N–H and O–H groups in total. The molecule has 1 aliphatic heterocycles. The Morgan fingerprint density at radius 3 is 1.95 bits per heavy atom. The third kappa shape index (κ3) is 7.60. The second-order valence-corrected chi connectivity index (χ2v) is 7.83. The standard InChI is InChI=1S/C17H35NS/c1-2-3-4-5-6-7-8-9-10-11-13-17(16-18)14-12-15-19-17/h2-16,18H2,1H3. The summed E-state index contributed by atoms with van der Waals surface area (Å²) in [4.78, 5) is 0. The summed E-state index contributed by atoms with van der Waals surface area (Å²) in [6.07, 6.45) is 18.5. The highest BCUT2D eigenvalue weighted by Crippen LogP contribution is 2.41. The second-order valence-electron chi connectivity index (χ2n) is 6.27. The van der Waals surface area contributed by atoms with Crippen molar-refractivity contribution in [1.29, 1.82) is 0 Å². The van der Waals surface area contributed by atoms with Gasteiger partial charge in [0.25, 0.3) is 0 Å². The molecule has 1 heterocycles. The molecule has 0 aliphatic carbocycles. The minimum Gasteiger partial charge on any atom is -0.329 e. The van der Waals surface area contributed by atoms with Gasteiger partial charge in [0.15, 0.2) is 0 Å². The van der Waals surface area contributed by atoms with Crippen LogP contribution in [0.1, 0.15) is 90.4 Å². The van der Waals surface area contributed by atoms with Crippen LogP contribution in [0.5, 0.6) is 0 Å². The highest BCUT2D eigenvalue weighted by atomic mass is 32.2. The largest absolute Gasteiger partial charge is 0.329 e. The van der Waals surface area contributed by atoms with Crippen molar-refractivity contribution in [3.05, 3.63) is 0 Å². The summed E-state index contributed by atoms with van der Waals surface area (Å²) >= 11 is 2.14. The predicted octanol–water partition coefficient (Wildman–Crippen LogP) is 5.52. The zero-order valence-corrected chi connectivity index (χ0v) is 13.9. The first-order valence-corrected chi connectivity index (χ1v) is 9.65. The van der Waals surface area contributed by atoms with E-state index in [0.717, 1.165) is 6.54 Å². The van der Waals surface area contributed by atoms with E-state index in [0.29, 0.717) is 4.75 Å². The summed E-state index contributed by atoms with van der Waals surface area (Å²) in [5.74, 6) is 1.34. The average Bonchev–Trinajstić information content (AvgIpc) is 2.90. The van der Waals surface area contributed by atoms with Crippen LogP contribution in [-0.2, 0) is 0 Å². The minimum atomic E-state index is 0.472. The Hall–Kier alpha value is 0.310. The zero-order chi connectivity index (χ0) is 13.8. The van der Waals surface area contributed by atoms with Crippen molar-refractivity contribution in [2.24, 2.45) is 5.73 Å².